The van der Waals surface area contributed by atoms with E-state index < -0.39 is 5.79 Å². The maximum absolute atomic E-state index is 11.9. The van der Waals surface area contributed by atoms with Crippen LogP contribution in [0.15, 0.2) is 18.2 Å². The molecule has 2 aliphatic rings. The average molecular weight is 276 g/mol. The summed E-state index contributed by atoms with van der Waals surface area (Å²) in [6, 6.07) is 5.57. The van der Waals surface area contributed by atoms with Gasteiger partial charge in [0.2, 0.25) is 5.79 Å². The third-order valence-corrected chi connectivity index (χ3v) is 3.60. The van der Waals surface area contributed by atoms with Gasteiger partial charge in [0, 0.05) is 31.6 Å². The molecule has 0 spiro atoms. The van der Waals surface area contributed by atoms with E-state index in [0.717, 1.165) is 12.8 Å². The van der Waals surface area contributed by atoms with Crippen LogP contribution in [0.25, 0.3) is 0 Å². The number of urea groups is 1. The van der Waals surface area contributed by atoms with Crippen LogP contribution >= 0.6 is 0 Å². The van der Waals surface area contributed by atoms with Gasteiger partial charge in [0.05, 0.1) is 0 Å². The van der Waals surface area contributed by atoms with Gasteiger partial charge in [0.15, 0.2) is 11.5 Å². The minimum Gasteiger partial charge on any atom is -0.449 e. The van der Waals surface area contributed by atoms with Crippen molar-refractivity contribution in [3.8, 4) is 11.5 Å². The minimum atomic E-state index is -0.646. The van der Waals surface area contributed by atoms with Crippen LogP contribution in [-0.4, -0.2) is 17.9 Å². The fourth-order valence-corrected chi connectivity index (χ4v) is 2.72. The molecule has 20 heavy (non-hydrogen) atoms. The Morgan fingerprint density at radius 1 is 1.20 bits per heavy atom. The monoisotopic (exact) mass is 276 g/mol. The summed E-state index contributed by atoms with van der Waals surface area (Å²) in [5.74, 6) is 0.720. The van der Waals surface area contributed by atoms with Crippen molar-refractivity contribution < 1.29 is 14.3 Å². The topological polar surface area (TPSA) is 59.6 Å². The molecule has 1 heterocycles. The van der Waals surface area contributed by atoms with Crippen molar-refractivity contribution in [3.63, 3.8) is 0 Å². The fraction of sp³-hybridized carbons (Fsp3) is 0.533. The number of carbonyl (C=O) groups excluding carboxylic acids is 1. The first-order valence-electron chi connectivity index (χ1n) is 7.11. The third kappa shape index (κ3) is 2.81. The lowest BCUT2D eigenvalue weighted by Crippen LogP contribution is -2.36. The van der Waals surface area contributed by atoms with Crippen molar-refractivity contribution in [3.05, 3.63) is 18.2 Å². The average Bonchev–Trinajstić information content (AvgIpc) is 2.94. The minimum absolute atomic E-state index is 0.157. The predicted molar refractivity (Wildman–Crippen MR) is 76.2 cm³/mol. The number of nitrogens with one attached hydrogen (secondary N) is 2. The number of ether oxygens (including phenoxy) is 2. The van der Waals surface area contributed by atoms with E-state index in [2.05, 4.69) is 10.6 Å². The van der Waals surface area contributed by atoms with Crippen LogP contribution in [0.2, 0.25) is 0 Å². The highest BCUT2D eigenvalue weighted by atomic mass is 16.7. The van der Waals surface area contributed by atoms with E-state index in [-0.39, 0.29) is 6.03 Å². The van der Waals surface area contributed by atoms with Crippen LogP contribution in [0.4, 0.5) is 10.5 Å². The maximum atomic E-state index is 11.9. The molecule has 0 unspecified atom stereocenters. The summed E-state index contributed by atoms with van der Waals surface area (Å²) in [7, 11) is 0. The van der Waals surface area contributed by atoms with Crippen molar-refractivity contribution in [1.29, 1.82) is 0 Å². The molecule has 2 N–H and O–H groups in total. The summed E-state index contributed by atoms with van der Waals surface area (Å²) in [5.41, 5.74) is 0.709. The van der Waals surface area contributed by atoms with E-state index >= 15 is 0 Å². The predicted octanol–water partition coefficient (Wildman–Crippen LogP) is 3.26. The summed E-state index contributed by atoms with van der Waals surface area (Å²) in [6.07, 6.45) is 4.54. The molecular weight excluding hydrogens is 256 g/mol. The lowest BCUT2D eigenvalue weighted by Gasteiger charge is -2.16. The van der Waals surface area contributed by atoms with Crippen LogP contribution in [-0.2, 0) is 0 Å². The number of hydrogen-bond donors (Lipinski definition) is 2. The lowest BCUT2D eigenvalue weighted by molar-refractivity contribution is -0.0431. The van der Waals surface area contributed by atoms with Crippen molar-refractivity contribution >= 4 is 11.7 Å². The van der Waals surface area contributed by atoms with Gasteiger partial charge >= 0.3 is 6.03 Å². The largest absolute Gasteiger partial charge is 0.449 e. The first-order chi connectivity index (χ1) is 9.52. The zero-order valence-electron chi connectivity index (χ0n) is 11.9. The molecule has 108 valence electrons. The van der Waals surface area contributed by atoms with Crippen LogP contribution in [0.5, 0.6) is 11.5 Å². The number of fused-ring (bicyclic) bond motifs is 1. The lowest BCUT2D eigenvalue weighted by atomic mass is 10.2. The standard InChI is InChI=1S/C15H20N2O3/c1-15(2)19-12-8-7-11(9-13(12)20-15)17-14(18)16-10-5-3-4-6-10/h7-10H,3-6H2,1-2H3,(H2,16,17,18). The molecule has 1 aromatic rings. The summed E-state index contributed by atoms with van der Waals surface area (Å²) >= 11 is 0. The Labute approximate surface area is 118 Å². The molecule has 3 rings (SSSR count). The third-order valence-electron chi connectivity index (χ3n) is 3.60. The van der Waals surface area contributed by atoms with Crippen molar-refractivity contribution in [1.82, 2.24) is 5.32 Å². The van der Waals surface area contributed by atoms with E-state index in [0.29, 0.717) is 23.2 Å². The quantitative estimate of drug-likeness (QED) is 0.871. The second-order valence-corrected chi connectivity index (χ2v) is 5.85. The highest BCUT2D eigenvalue weighted by Gasteiger charge is 2.31. The Hall–Kier alpha value is -1.91. The second-order valence-electron chi connectivity index (χ2n) is 5.85. The molecule has 0 saturated heterocycles. The molecule has 1 aliphatic carbocycles. The molecular formula is C15H20N2O3. The van der Waals surface area contributed by atoms with Crippen molar-refractivity contribution in [2.45, 2.75) is 51.4 Å². The van der Waals surface area contributed by atoms with Gasteiger partial charge in [-0.25, -0.2) is 4.79 Å². The Bertz CT molecular complexity index is 522. The Balaban J connectivity index is 1.62. The van der Waals surface area contributed by atoms with Gasteiger partial charge in [-0.3, -0.25) is 0 Å². The fourth-order valence-electron chi connectivity index (χ4n) is 2.72. The van der Waals surface area contributed by atoms with Gasteiger partial charge in [-0.1, -0.05) is 12.8 Å². The van der Waals surface area contributed by atoms with Gasteiger partial charge < -0.3 is 20.1 Å². The Kier molecular flexibility index (Phi) is 3.20. The van der Waals surface area contributed by atoms with Gasteiger partial charge in [0.1, 0.15) is 0 Å². The first kappa shape index (κ1) is 13.1. The summed E-state index contributed by atoms with van der Waals surface area (Å²) in [4.78, 5) is 11.9. The zero-order valence-corrected chi connectivity index (χ0v) is 11.9. The van der Waals surface area contributed by atoms with Gasteiger partial charge in [-0.05, 0) is 25.0 Å². The SMILES string of the molecule is CC1(C)Oc2ccc(NC(=O)NC3CCCC3)cc2O1. The smallest absolute Gasteiger partial charge is 0.319 e. The Morgan fingerprint density at radius 3 is 2.65 bits per heavy atom. The zero-order chi connectivity index (χ0) is 14.2. The molecule has 0 aromatic heterocycles. The molecule has 2 amide bonds. The summed E-state index contributed by atoms with van der Waals surface area (Å²) in [6.45, 7) is 3.71. The van der Waals surface area contributed by atoms with Gasteiger partial charge in [0.25, 0.3) is 0 Å². The molecule has 0 bridgehead atoms. The van der Waals surface area contributed by atoms with E-state index in [1.54, 1.807) is 6.07 Å². The van der Waals surface area contributed by atoms with E-state index in [1.165, 1.54) is 12.8 Å². The molecule has 1 aromatic carbocycles. The van der Waals surface area contributed by atoms with Crippen LogP contribution in [0, 0.1) is 0 Å². The Morgan fingerprint density at radius 2 is 1.90 bits per heavy atom. The number of anilines is 1. The number of carbonyl (C=O) groups is 1. The van der Waals surface area contributed by atoms with E-state index in [1.807, 2.05) is 26.0 Å². The molecule has 0 radical (unpaired) electrons. The second kappa shape index (κ2) is 4.89. The number of hydrogen-bond acceptors (Lipinski definition) is 3. The number of benzene rings is 1. The van der Waals surface area contributed by atoms with E-state index in [9.17, 15) is 4.79 Å². The molecule has 5 heteroatoms. The maximum Gasteiger partial charge on any atom is 0.319 e. The molecule has 1 saturated carbocycles. The van der Waals surface area contributed by atoms with Gasteiger partial charge in [-0.2, -0.15) is 0 Å². The molecule has 1 fully saturated rings. The number of rotatable bonds is 2. The normalized spacial score (nSPS) is 19.9. The number of amides is 2. The van der Waals surface area contributed by atoms with Crippen LogP contribution in [0.1, 0.15) is 39.5 Å². The van der Waals surface area contributed by atoms with Crippen molar-refractivity contribution in [2.75, 3.05) is 5.32 Å². The van der Waals surface area contributed by atoms with E-state index in [4.69, 9.17) is 9.47 Å². The highest BCUT2D eigenvalue weighted by Crippen LogP contribution is 2.40. The molecule has 0 atom stereocenters. The van der Waals surface area contributed by atoms with Crippen LogP contribution in [0.3, 0.4) is 0 Å². The summed E-state index contributed by atoms with van der Waals surface area (Å²) in [5, 5.41) is 5.83. The van der Waals surface area contributed by atoms with Crippen LogP contribution < -0.4 is 20.1 Å². The van der Waals surface area contributed by atoms with Gasteiger partial charge in [-0.15, -0.1) is 0 Å². The highest BCUT2D eigenvalue weighted by molar-refractivity contribution is 5.89. The molecule has 5 nitrogen and oxygen atoms in total. The summed E-state index contributed by atoms with van der Waals surface area (Å²) < 4.78 is 11.3. The molecule has 1 aliphatic heterocycles. The first-order valence-corrected chi connectivity index (χ1v) is 7.11. The van der Waals surface area contributed by atoms with Crippen molar-refractivity contribution in [2.24, 2.45) is 0 Å².